The Kier molecular flexibility index (Phi) is 18.8. The van der Waals surface area contributed by atoms with Crippen molar-refractivity contribution in [2.45, 2.75) is 0 Å². The topological polar surface area (TPSA) is 122 Å². The molecule has 0 aromatic rings. The summed E-state index contributed by atoms with van der Waals surface area (Å²) in [6.45, 7) is -1.06. The van der Waals surface area contributed by atoms with E-state index in [4.69, 9.17) is 21.7 Å². The number of carbonyl (C=O) groups is 2. The average molecular weight is 343 g/mol. The Labute approximate surface area is 77.8 Å². The van der Waals surface area contributed by atoms with Crippen LogP contribution in [0.4, 0.5) is 0 Å². The van der Waals surface area contributed by atoms with Crippen LogP contribution in [0.1, 0.15) is 0 Å². The molecule has 0 heterocycles. The van der Waals surface area contributed by atoms with Gasteiger partial charge in [-0.15, -0.1) is 0 Å². The van der Waals surface area contributed by atoms with E-state index in [9.17, 15) is 9.59 Å². The molecule has 0 saturated carbocycles. The summed E-state index contributed by atoms with van der Waals surface area (Å²) in [6, 6.07) is 0. The minimum atomic E-state index is -1.08. The predicted molar refractivity (Wildman–Crippen MR) is 33.6 cm³/mol. The summed E-state index contributed by atoms with van der Waals surface area (Å²) >= 11 is 0. The van der Waals surface area contributed by atoms with E-state index in [1.807, 2.05) is 0 Å². The zero-order valence-corrected chi connectivity index (χ0v) is 7.71. The Morgan fingerprint density at radius 1 is 1.00 bits per heavy atom. The first kappa shape index (κ1) is 16.9. The van der Waals surface area contributed by atoms with E-state index in [-0.39, 0.29) is 21.1 Å². The monoisotopic (exact) mass is 343 g/mol. The minimum Gasteiger partial charge on any atom is -0.668 e. The van der Waals surface area contributed by atoms with Crippen LogP contribution >= 0.6 is 0 Å². The zero-order chi connectivity index (χ0) is 8.57. The van der Waals surface area contributed by atoms with Gasteiger partial charge in [-0.2, -0.15) is 0 Å². The molecule has 0 saturated heterocycles. The van der Waals surface area contributed by atoms with E-state index in [2.05, 4.69) is 0 Å². The van der Waals surface area contributed by atoms with E-state index in [0.717, 1.165) is 0 Å². The average Bonchev–Trinajstić information content (AvgIpc) is 1.89. The molecule has 0 fully saturated rings. The third kappa shape index (κ3) is 43.2. The molecule has 7 heteroatoms. The number of carboxylic acids is 2. The van der Waals surface area contributed by atoms with Crippen molar-refractivity contribution in [1.82, 2.24) is 0 Å². The number of nitrogens with one attached hydrogen (secondary N) is 2. The van der Waals surface area contributed by atoms with E-state index in [1.54, 1.807) is 0 Å². The molecule has 0 bridgehead atoms. The van der Waals surface area contributed by atoms with Gasteiger partial charge < -0.3 is 21.7 Å². The molecule has 11 heavy (non-hydrogen) atoms. The summed E-state index contributed by atoms with van der Waals surface area (Å²) in [7, 11) is 0. The fraction of sp³-hybridized carbons (Fsp3) is 0.500. The summed E-state index contributed by atoms with van der Waals surface area (Å²) in [5, 5.41) is 15.1. The largest absolute Gasteiger partial charge is 2.00 e. The Morgan fingerprint density at radius 3 is 1.09 bits per heavy atom. The smallest absolute Gasteiger partial charge is 0.668 e. The third-order valence-electron chi connectivity index (χ3n) is 0.302. The Balaban J connectivity index is -0.000000107. The minimum absolute atomic E-state index is 0. The molecule has 6 nitrogen and oxygen atoms in total. The molecule has 0 aliphatic heterocycles. The standard InChI is InChI=1S/2C2H4NO2.Pt/c2*3-1-2(4)5;/h2*3H,1H2,(H,4,5);/q2*-1;+2. The van der Waals surface area contributed by atoms with Crippen molar-refractivity contribution in [2.75, 3.05) is 13.1 Å². The Bertz CT molecular complexity index is 105. The molecule has 0 unspecified atom stereocenters. The molecule has 0 amide bonds. The van der Waals surface area contributed by atoms with Gasteiger partial charge in [0.15, 0.2) is 0 Å². The second-order valence-corrected chi connectivity index (χ2v) is 1.14. The van der Waals surface area contributed by atoms with Crippen LogP contribution in [0.5, 0.6) is 0 Å². The van der Waals surface area contributed by atoms with E-state index in [1.165, 1.54) is 0 Å². The van der Waals surface area contributed by atoms with Crippen LogP contribution < -0.4 is 0 Å². The van der Waals surface area contributed by atoms with Crippen LogP contribution in [0, 0.1) is 0 Å². The first-order chi connectivity index (χ1) is 4.54. The van der Waals surface area contributed by atoms with Crippen molar-refractivity contribution in [3.05, 3.63) is 11.5 Å². The zero-order valence-electron chi connectivity index (χ0n) is 5.44. The second-order valence-electron chi connectivity index (χ2n) is 1.14. The van der Waals surface area contributed by atoms with Crippen molar-refractivity contribution >= 4 is 11.9 Å². The van der Waals surface area contributed by atoms with E-state index < -0.39 is 25.0 Å². The van der Waals surface area contributed by atoms with Crippen molar-refractivity contribution in [3.8, 4) is 0 Å². The van der Waals surface area contributed by atoms with Gasteiger partial charge in [-0.1, -0.05) is 13.1 Å². The molecule has 0 aromatic carbocycles. The van der Waals surface area contributed by atoms with Crippen molar-refractivity contribution < 1.29 is 40.9 Å². The normalized spacial score (nSPS) is 6.73. The summed E-state index contributed by atoms with van der Waals surface area (Å²) < 4.78 is 0. The molecular formula is C4H8N2O4Pt. The van der Waals surface area contributed by atoms with Crippen molar-refractivity contribution in [3.63, 3.8) is 0 Å². The number of hydrogen-bond acceptors (Lipinski definition) is 2. The van der Waals surface area contributed by atoms with Gasteiger partial charge in [0.2, 0.25) is 0 Å². The Morgan fingerprint density at radius 2 is 1.09 bits per heavy atom. The quantitative estimate of drug-likeness (QED) is 0.746. The first-order valence-corrected chi connectivity index (χ1v) is 2.27. The van der Waals surface area contributed by atoms with Gasteiger partial charge in [-0.3, -0.25) is 9.59 Å². The molecular weight excluding hydrogens is 335 g/mol. The van der Waals surface area contributed by atoms with Gasteiger partial charge in [0.1, 0.15) is 0 Å². The molecule has 4 N–H and O–H groups in total. The summed E-state index contributed by atoms with van der Waals surface area (Å²) in [5.74, 6) is -2.16. The number of hydrogen-bond donors (Lipinski definition) is 2. The fourth-order valence-electron chi connectivity index (χ4n) is 0. The maximum atomic E-state index is 9.18. The van der Waals surface area contributed by atoms with Crippen LogP contribution in [0.3, 0.4) is 0 Å². The molecule has 0 aliphatic carbocycles. The van der Waals surface area contributed by atoms with Crippen molar-refractivity contribution in [2.24, 2.45) is 0 Å². The van der Waals surface area contributed by atoms with Crippen molar-refractivity contribution in [1.29, 1.82) is 0 Å². The predicted octanol–water partition coefficient (Wildman–Crippen LogP) is 0.244. The van der Waals surface area contributed by atoms with Crippen LogP contribution in [0.2, 0.25) is 0 Å². The van der Waals surface area contributed by atoms with Gasteiger partial charge in [0.05, 0.1) is 0 Å². The molecule has 68 valence electrons. The van der Waals surface area contributed by atoms with Gasteiger partial charge in [-0.05, 0) is 0 Å². The van der Waals surface area contributed by atoms with Gasteiger partial charge >= 0.3 is 21.1 Å². The molecule has 0 aromatic heterocycles. The maximum Gasteiger partial charge on any atom is 2.00 e. The molecule has 0 radical (unpaired) electrons. The molecule has 0 spiro atoms. The van der Waals surface area contributed by atoms with Crippen LogP contribution in [0.25, 0.3) is 11.5 Å². The van der Waals surface area contributed by atoms with Crippen LogP contribution in [0.15, 0.2) is 0 Å². The summed E-state index contributed by atoms with van der Waals surface area (Å²) in [5.41, 5.74) is 12.1. The van der Waals surface area contributed by atoms with Crippen LogP contribution in [-0.4, -0.2) is 35.2 Å². The second kappa shape index (κ2) is 12.2. The number of aliphatic carboxylic acids is 2. The van der Waals surface area contributed by atoms with Crippen LogP contribution in [-0.2, 0) is 30.7 Å². The molecule has 0 rings (SSSR count). The first-order valence-electron chi connectivity index (χ1n) is 2.27. The summed E-state index contributed by atoms with van der Waals surface area (Å²) in [4.78, 5) is 18.4. The summed E-state index contributed by atoms with van der Waals surface area (Å²) in [6.07, 6.45) is 0. The fourth-order valence-corrected chi connectivity index (χ4v) is 0. The SMILES string of the molecule is [NH-]CC(=O)O.[NH-]CC(=O)O.[Pt+2]. The number of carboxylic acid groups (broad SMARTS) is 2. The Hall–Kier alpha value is -0.452. The molecule has 0 aliphatic rings. The van der Waals surface area contributed by atoms with Gasteiger partial charge in [0.25, 0.3) is 11.9 Å². The molecule has 0 atom stereocenters. The maximum absolute atomic E-state index is 9.18. The van der Waals surface area contributed by atoms with E-state index >= 15 is 0 Å². The van der Waals surface area contributed by atoms with Gasteiger partial charge in [-0.25, -0.2) is 0 Å². The van der Waals surface area contributed by atoms with E-state index in [0.29, 0.717) is 0 Å². The third-order valence-corrected chi connectivity index (χ3v) is 0.302. The number of rotatable bonds is 2. The van der Waals surface area contributed by atoms with Gasteiger partial charge in [0, 0.05) is 0 Å².